The number of carbonyl (C=O) groups excluding carboxylic acids is 1. The number of rotatable bonds is 4. The predicted molar refractivity (Wildman–Crippen MR) is 72.8 cm³/mol. The molecule has 0 saturated carbocycles. The second-order valence-electron chi connectivity index (χ2n) is 3.95. The monoisotopic (exact) mass is 310 g/mol. The molecule has 1 heterocycles. The van der Waals surface area contributed by atoms with E-state index in [0.29, 0.717) is 0 Å². The Morgan fingerprint density at radius 1 is 1.29 bits per heavy atom. The fraction of sp³-hybridized carbons (Fsp3) is 0.0769. The van der Waals surface area contributed by atoms with Gasteiger partial charge in [-0.2, -0.15) is 0 Å². The fourth-order valence-electron chi connectivity index (χ4n) is 1.64. The molecule has 0 atom stereocenters. The SMILES string of the molecule is COC(=O)c1ccccc1S(=O)(=O)Nc1ccncc1F. The number of anilines is 1. The van der Waals surface area contributed by atoms with E-state index in [2.05, 4.69) is 14.4 Å². The molecule has 1 N–H and O–H groups in total. The van der Waals surface area contributed by atoms with Gasteiger partial charge in [-0.1, -0.05) is 12.1 Å². The third-order valence-corrected chi connectivity index (χ3v) is 4.02. The van der Waals surface area contributed by atoms with Crippen LogP contribution in [0.4, 0.5) is 10.1 Å². The number of hydrogen-bond acceptors (Lipinski definition) is 5. The number of esters is 1. The minimum atomic E-state index is -4.14. The number of pyridine rings is 1. The molecule has 8 heteroatoms. The van der Waals surface area contributed by atoms with Gasteiger partial charge in [-0.05, 0) is 18.2 Å². The summed E-state index contributed by atoms with van der Waals surface area (Å²) in [6.45, 7) is 0. The van der Waals surface area contributed by atoms with Gasteiger partial charge >= 0.3 is 5.97 Å². The van der Waals surface area contributed by atoms with Gasteiger partial charge in [0.2, 0.25) is 0 Å². The minimum absolute atomic E-state index is 0.137. The van der Waals surface area contributed by atoms with Gasteiger partial charge in [-0.3, -0.25) is 9.71 Å². The summed E-state index contributed by atoms with van der Waals surface area (Å²) >= 11 is 0. The van der Waals surface area contributed by atoms with E-state index < -0.39 is 21.8 Å². The van der Waals surface area contributed by atoms with Crippen molar-refractivity contribution in [3.05, 3.63) is 54.1 Å². The number of aromatic nitrogens is 1. The zero-order valence-electron chi connectivity index (χ0n) is 10.9. The summed E-state index contributed by atoms with van der Waals surface area (Å²) in [4.78, 5) is 14.8. The number of nitrogens with zero attached hydrogens (tertiary/aromatic N) is 1. The molecule has 0 bridgehead atoms. The summed E-state index contributed by atoms with van der Waals surface area (Å²) in [5, 5.41) is 0. The van der Waals surface area contributed by atoms with Gasteiger partial charge in [-0.15, -0.1) is 0 Å². The Bertz CT molecular complexity index is 777. The van der Waals surface area contributed by atoms with E-state index in [4.69, 9.17) is 0 Å². The van der Waals surface area contributed by atoms with E-state index in [-0.39, 0.29) is 16.1 Å². The Morgan fingerprint density at radius 3 is 2.67 bits per heavy atom. The molecule has 0 fully saturated rings. The lowest BCUT2D eigenvalue weighted by molar-refractivity contribution is 0.0596. The average Bonchev–Trinajstić information content (AvgIpc) is 2.48. The molecule has 0 saturated heterocycles. The molecule has 1 aromatic heterocycles. The molecular weight excluding hydrogens is 299 g/mol. The van der Waals surface area contributed by atoms with Crippen LogP contribution in [-0.2, 0) is 14.8 Å². The summed E-state index contributed by atoms with van der Waals surface area (Å²) in [5.41, 5.74) is -0.397. The van der Waals surface area contributed by atoms with Crippen LogP contribution in [-0.4, -0.2) is 26.5 Å². The van der Waals surface area contributed by atoms with Crippen molar-refractivity contribution in [1.29, 1.82) is 0 Å². The van der Waals surface area contributed by atoms with Crippen molar-refractivity contribution >= 4 is 21.7 Å². The van der Waals surface area contributed by atoms with Crippen LogP contribution < -0.4 is 4.72 Å². The van der Waals surface area contributed by atoms with Crippen molar-refractivity contribution in [2.45, 2.75) is 4.90 Å². The molecule has 0 unspecified atom stereocenters. The number of sulfonamides is 1. The van der Waals surface area contributed by atoms with Gasteiger partial charge < -0.3 is 4.74 Å². The van der Waals surface area contributed by atoms with Crippen molar-refractivity contribution in [2.75, 3.05) is 11.8 Å². The van der Waals surface area contributed by atoms with Crippen molar-refractivity contribution in [3.63, 3.8) is 0 Å². The molecule has 110 valence electrons. The van der Waals surface area contributed by atoms with E-state index >= 15 is 0 Å². The van der Waals surface area contributed by atoms with Crippen LogP contribution in [0.2, 0.25) is 0 Å². The number of carbonyl (C=O) groups is 1. The summed E-state index contributed by atoms with van der Waals surface area (Å²) < 4.78 is 44.7. The van der Waals surface area contributed by atoms with E-state index in [9.17, 15) is 17.6 Å². The van der Waals surface area contributed by atoms with Crippen molar-refractivity contribution < 1.29 is 22.3 Å². The summed E-state index contributed by atoms with van der Waals surface area (Å²) in [6.07, 6.45) is 2.12. The van der Waals surface area contributed by atoms with E-state index in [1.807, 2.05) is 0 Å². The molecule has 1 aromatic carbocycles. The molecule has 0 aliphatic heterocycles. The highest BCUT2D eigenvalue weighted by Crippen LogP contribution is 2.21. The number of nitrogens with one attached hydrogen (secondary N) is 1. The highest BCUT2D eigenvalue weighted by atomic mass is 32.2. The van der Waals surface area contributed by atoms with Crippen LogP contribution in [0.5, 0.6) is 0 Å². The predicted octanol–water partition coefficient (Wildman–Crippen LogP) is 1.81. The maximum Gasteiger partial charge on any atom is 0.339 e. The molecule has 6 nitrogen and oxygen atoms in total. The zero-order valence-corrected chi connectivity index (χ0v) is 11.7. The maximum absolute atomic E-state index is 13.5. The van der Waals surface area contributed by atoms with Gasteiger partial charge in [0.05, 0.1) is 24.6 Å². The Labute approximate surface area is 120 Å². The average molecular weight is 310 g/mol. The van der Waals surface area contributed by atoms with E-state index in [1.165, 1.54) is 36.5 Å². The lowest BCUT2D eigenvalue weighted by Gasteiger charge is -2.11. The van der Waals surface area contributed by atoms with Crippen LogP contribution in [0.25, 0.3) is 0 Å². The van der Waals surface area contributed by atoms with Gasteiger partial charge in [0.1, 0.15) is 4.90 Å². The van der Waals surface area contributed by atoms with E-state index in [1.54, 1.807) is 0 Å². The number of methoxy groups -OCH3 is 1. The van der Waals surface area contributed by atoms with Crippen molar-refractivity contribution in [1.82, 2.24) is 4.98 Å². The number of ether oxygens (including phenoxy) is 1. The Morgan fingerprint density at radius 2 is 2.00 bits per heavy atom. The lowest BCUT2D eigenvalue weighted by atomic mass is 10.2. The first-order chi connectivity index (χ1) is 9.95. The first-order valence-corrected chi connectivity index (χ1v) is 7.23. The van der Waals surface area contributed by atoms with Crippen molar-refractivity contribution in [2.24, 2.45) is 0 Å². The largest absolute Gasteiger partial charge is 0.465 e. The van der Waals surface area contributed by atoms with Gasteiger partial charge in [0.25, 0.3) is 10.0 Å². The van der Waals surface area contributed by atoms with E-state index in [0.717, 1.165) is 13.3 Å². The molecule has 0 radical (unpaired) electrons. The van der Waals surface area contributed by atoms with Crippen LogP contribution >= 0.6 is 0 Å². The lowest BCUT2D eigenvalue weighted by Crippen LogP contribution is -2.18. The Kier molecular flexibility index (Phi) is 4.18. The van der Waals surface area contributed by atoms with Crippen LogP contribution in [0.3, 0.4) is 0 Å². The molecular formula is C13H11FN2O4S. The molecule has 0 aliphatic carbocycles. The van der Waals surface area contributed by atoms with Gasteiger partial charge in [0.15, 0.2) is 5.82 Å². The molecule has 0 aliphatic rings. The second-order valence-corrected chi connectivity index (χ2v) is 5.60. The topological polar surface area (TPSA) is 85.4 Å². The standard InChI is InChI=1S/C13H11FN2O4S/c1-20-13(17)9-4-2-3-5-12(9)21(18,19)16-11-6-7-15-8-10(11)14/h2-8H,1H3,(H,15,16). The fourth-order valence-corrected chi connectivity index (χ4v) is 2.90. The second kappa shape index (κ2) is 5.88. The quantitative estimate of drug-likeness (QED) is 0.870. The molecule has 2 aromatic rings. The summed E-state index contributed by atoms with van der Waals surface area (Å²) in [5.74, 6) is -1.62. The third-order valence-electron chi connectivity index (χ3n) is 2.60. The maximum atomic E-state index is 13.5. The first kappa shape index (κ1) is 14.9. The van der Waals surface area contributed by atoms with Crippen molar-refractivity contribution in [3.8, 4) is 0 Å². The normalized spacial score (nSPS) is 11.0. The third kappa shape index (κ3) is 3.16. The van der Waals surface area contributed by atoms with Crippen LogP contribution in [0, 0.1) is 5.82 Å². The highest BCUT2D eigenvalue weighted by molar-refractivity contribution is 7.92. The first-order valence-electron chi connectivity index (χ1n) is 5.75. The van der Waals surface area contributed by atoms with Gasteiger partial charge in [-0.25, -0.2) is 17.6 Å². The Balaban J connectivity index is 2.46. The molecule has 21 heavy (non-hydrogen) atoms. The highest BCUT2D eigenvalue weighted by Gasteiger charge is 2.23. The van der Waals surface area contributed by atoms with Crippen LogP contribution in [0.1, 0.15) is 10.4 Å². The number of benzene rings is 1. The van der Waals surface area contributed by atoms with Gasteiger partial charge in [0, 0.05) is 6.20 Å². The minimum Gasteiger partial charge on any atom is -0.465 e. The number of halogens is 1. The molecule has 0 amide bonds. The summed E-state index contributed by atoms with van der Waals surface area (Å²) in [7, 11) is -3.00. The summed E-state index contributed by atoms with van der Waals surface area (Å²) in [6, 6.07) is 6.66. The smallest absolute Gasteiger partial charge is 0.339 e. The Hall–Kier alpha value is -2.48. The molecule has 2 rings (SSSR count). The molecule has 0 spiro atoms. The van der Waals surface area contributed by atoms with Crippen LogP contribution in [0.15, 0.2) is 47.6 Å². The zero-order chi connectivity index (χ0) is 15.5. The number of hydrogen-bond donors (Lipinski definition) is 1.